The third kappa shape index (κ3) is 3.72. The number of likely N-dealkylation sites (tertiary alicyclic amines) is 1. The molecule has 2 saturated heterocycles. The average Bonchev–Trinajstić information content (AvgIpc) is 3.23. The summed E-state index contributed by atoms with van der Waals surface area (Å²) in [6.45, 7) is 6.50. The minimum Gasteiger partial charge on any atom is -0.360 e. The van der Waals surface area contributed by atoms with Crippen LogP contribution in [-0.2, 0) is 0 Å². The van der Waals surface area contributed by atoms with E-state index in [1.807, 2.05) is 22.4 Å². The van der Waals surface area contributed by atoms with Crippen molar-refractivity contribution in [2.45, 2.75) is 18.9 Å². The van der Waals surface area contributed by atoms with Gasteiger partial charge in [-0.25, -0.2) is 0 Å². The van der Waals surface area contributed by atoms with Crippen molar-refractivity contribution >= 4 is 22.9 Å². The second-order valence-corrected chi connectivity index (χ2v) is 7.97. The van der Waals surface area contributed by atoms with Crippen LogP contribution in [0.1, 0.15) is 22.5 Å². The molecule has 1 amide bonds. The van der Waals surface area contributed by atoms with Gasteiger partial charge in [-0.15, -0.1) is 11.3 Å². The van der Waals surface area contributed by atoms with Crippen LogP contribution in [0, 0.1) is 0 Å². The van der Waals surface area contributed by atoms with Crippen LogP contribution in [0.25, 0.3) is 0 Å². The van der Waals surface area contributed by atoms with Crippen LogP contribution >= 0.6 is 11.3 Å². The molecule has 25 heavy (non-hydrogen) atoms. The molecular formula is C20H26N3OS+. The van der Waals surface area contributed by atoms with E-state index in [4.69, 9.17) is 0 Å². The van der Waals surface area contributed by atoms with E-state index in [9.17, 15) is 4.79 Å². The van der Waals surface area contributed by atoms with E-state index in [1.165, 1.54) is 18.8 Å². The first-order valence-electron chi connectivity index (χ1n) is 9.28. The van der Waals surface area contributed by atoms with Crippen molar-refractivity contribution in [1.29, 1.82) is 0 Å². The van der Waals surface area contributed by atoms with Crippen molar-refractivity contribution in [3.8, 4) is 0 Å². The van der Waals surface area contributed by atoms with Gasteiger partial charge in [0, 0.05) is 31.6 Å². The first-order chi connectivity index (χ1) is 12.3. The molecule has 2 aromatic rings. The van der Waals surface area contributed by atoms with Crippen LogP contribution in [0.3, 0.4) is 0 Å². The highest BCUT2D eigenvalue weighted by atomic mass is 32.1. The number of rotatable bonds is 3. The summed E-state index contributed by atoms with van der Waals surface area (Å²) in [4.78, 5) is 19.6. The molecule has 132 valence electrons. The van der Waals surface area contributed by atoms with Crippen LogP contribution in [0.5, 0.6) is 0 Å². The number of anilines is 1. The van der Waals surface area contributed by atoms with Crippen molar-refractivity contribution in [3.63, 3.8) is 0 Å². The summed E-state index contributed by atoms with van der Waals surface area (Å²) >= 11 is 1.55. The van der Waals surface area contributed by atoms with E-state index in [2.05, 4.69) is 35.2 Å². The lowest BCUT2D eigenvalue weighted by Crippen LogP contribution is -3.18. The summed E-state index contributed by atoms with van der Waals surface area (Å²) in [6, 6.07) is 15.3. The molecule has 3 heterocycles. The predicted octanol–water partition coefficient (Wildman–Crippen LogP) is 1.76. The monoisotopic (exact) mass is 356 g/mol. The van der Waals surface area contributed by atoms with E-state index >= 15 is 0 Å². The number of quaternary nitrogens is 1. The topological polar surface area (TPSA) is 28.0 Å². The Balaban J connectivity index is 1.27. The molecule has 4 nitrogen and oxygen atoms in total. The fraction of sp³-hybridized carbons (Fsp3) is 0.450. The average molecular weight is 357 g/mol. The third-order valence-corrected chi connectivity index (χ3v) is 6.48. The molecule has 2 aliphatic rings. The maximum absolute atomic E-state index is 12.5. The highest BCUT2D eigenvalue weighted by Gasteiger charge is 2.32. The molecule has 0 bridgehead atoms. The number of para-hydroxylation sites is 1. The van der Waals surface area contributed by atoms with Crippen molar-refractivity contribution in [1.82, 2.24) is 4.90 Å². The van der Waals surface area contributed by atoms with Gasteiger partial charge in [-0.1, -0.05) is 24.3 Å². The number of benzene rings is 1. The molecule has 0 saturated carbocycles. The lowest BCUT2D eigenvalue weighted by atomic mass is 10.0. The highest BCUT2D eigenvalue weighted by molar-refractivity contribution is 7.12. The van der Waals surface area contributed by atoms with Crippen molar-refractivity contribution in [2.75, 3.05) is 44.2 Å². The molecule has 2 fully saturated rings. The van der Waals surface area contributed by atoms with Crippen LogP contribution in [-0.4, -0.2) is 56.1 Å². The number of carbonyl (C=O) groups is 1. The molecule has 2 aliphatic heterocycles. The van der Waals surface area contributed by atoms with Crippen LogP contribution in [0.4, 0.5) is 5.69 Å². The van der Waals surface area contributed by atoms with Gasteiger partial charge in [0.25, 0.3) is 5.91 Å². The first kappa shape index (κ1) is 16.6. The molecule has 1 aromatic heterocycles. The van der Waals surface area contributed by atoms with Gasteiger partial charge in [-0.3, -0.25) is 4.79 Å². The Hall–Kier alpha value is -1.85. The zero-order valence-corrected chi connectivity index (χ0v) is 15.4. The van der Waals surface area contributed by atoms with Gasteiger partial charge in [0.15, 0.2) is 0 Å². The summed E-state index contributed by atoms with van der Waals surface area (Å²) in [5.74, 6) is 0.220. The smallest absolute Gasteiger partial charge is 0.263 e. The van der Waals surface area contributed by atoms with Gasteiger partial charge in [-0.2, -0.15) is 0 Å². The number of hydrogen-bond donors (Lipinski definition) is 1. The molecule has 5 heteroatoms. The number of piperazine rings is 1. The quantitative estimate of drug-likeness (QED) is 0.908. The lowest BCUT2D eigenvalue weighted by molar-refractivity contribution is -0.927. The number of carbonyl (C=O) groups excluding carboxylic acids is 1. The minimum atomic E-state index is 0.220. The summed E-state index contributed by atoms with van der Waals surface area (Å²) in [5.41, 5.74) is 1.35. The maximum atomic E-state index is 12.5. The normalized spacial score (nSPS) is 20.0. The van der Waals surface area contributed by atoms with Crippen LogP contribution in [0.2, 0.25) is 0 Å². The minimum absolute atomic E-state index is 0.220. The fourth-order valence-corrected chi connectivity index (χ4v) is 4.84. The molecule has 1 aromatic carbocycles. The molecule has 4 rings (SSSR count). The van der Waals surface area contributed by atoms with Gasteiger partial charge in [0.1, 0.15) is 0 Å². The maximum Gasteiger partial charge on any atom is 0.263 e. The van der Waals surface area contributed by atoms with Gasteiger partial charge in [0.05, 0.1) is 37.1 Å². The number of thiophene rings is 1. The van der Waals surface area contributed by atoms with E-state index in [0.29, 0.717) is 6.04 Å². The van der Waals surface area contributed by atoms with E-state index in [-0.39, 0.29) is 5.91 Å². The molecule has 0 spiro atoms. The van der Waals surface area contributed by atoms with Gasteiger partial charge in [-0.05, 0) is 23.6 Å². The Kier molecular flexibility index (Phi) is 5.04. The Morgan fingerprint density at radius 2 is 1.68 bits per heavy atom. The zero-order chi connectivity index (χ0) is 17.1. The fourth-order valence-electron chi connectivity index (χ4n) is 4.15. The molecule has 1 N–H and O–H groups in total. The van der Waals surface area contributed by atoms with Crippen molar-refractivity contribution in [3.05, 3.63) is 52.7 Å². The van der Waals surface area contributed by atoms with Gasteiger partial charge in [0.2, 0.25) is 0 Å². The highest BCUT2D eigenvalue weighted by Crippen LogP contribution is 2.17. The van der Waals surface area contributed by atoms with E-state index in [1.54, 1.807) is 16.2 Å². The standard InChI is InChI=1S/C20H25N3OS/c24-20(19-7-4-16-25-19)23-10-8-18(9-11-23)22-14-12-21(13-15-22)17-5-2-1-3-6-17/h1-7,16,18H,8-15H2/p+1. The van der Waals surface area contributed by atoms with E-state index < -0.39 is 0 Å². The number of amides is 1. The summed E-state index contributed by atoms with van der Waals surface area (Å²) in [7, 11) is 0. The number of hydrogen-bond acceptors (Lipinski definition) is 3. The number of nitrogens with one attached hydrogen (secondary N) is 1. The molecular weight excluding hydrogens is 330 g/mol. The Bertz CT molecular complexity index is 672. The molecule has 0 atom stereocenters. The summed E-state index contributed by atoms with van der Waals surface area (Å²) in [6.07, 6.45) is 2.27. The van der Waals surface area contributed by atoms with Gasteiger partial charge < -0.3 is 14.7 Å². The molecule has 0 unspecified atom stereocenters. The van der Waals surface area contributed by atoms with Crippen molar-refractivity contribution < 1.29 is 9.69 Å². The van der Waals surface area contributed by atoms with Crippen LogP contribution in [0.15, 0.2) is 47.8 Å². The van der Waals surface area contributed by atoms with Gasteiger partial charge >= 0.3 is 0 Å². The SMILES string of the molecule is O=C(c1cccs1)N1CCC([NH+]2CCN(c3ccccc3)CC2)CC1. The second-order valence-electron chi connectivity index (χ2n) is 7.02. The molecule has 0 aliphatic carbocycles. The first-order valence-corrected chi connectivity index (χ1v) is 10.2. The zero-order valence-electron chi connectivity index (χ0n) is 14.6. The number of piperidine rings is 1. The predicted molar refractivity (Wildman–Crippen MR) is 103 cm³/mol. The lowest BCUT2D eigenvalue weighted by Gasteiger charge is -2.40. The van der Waals surface area contributed by atoms with Crippen molar-refractivity contribution in [2.24, 2.45) is 0 Å². The Morgan fingerprint density at radius 1 is 0.960 bits per heavy atom. The number of nitrogens with zero attached hydrogens (tertiary/aromatic N) is 2. The Morgan fingerprint density at radius 3 is 2.32 bits per heavy atom. The second kappa shape index (κ2) is 7.58. The van der Waals surface area contributed by atoms with Crippen LogP contribution < -0.4 is 9.80 Å². The summed E-state index contributed by atoms with van der Waals surface area (Å²) in [5, 5.41) is 1.98. The largest absolute Gasteiger partial charge is 0.360 e. The molecule has 0 radical (unpaired) electrons. The third-order valence-electron chi connectivity index (χ3n) is 5.62. The summed E-state index contributed by atoms with van der Waals surface area (Å²) < 4.78 is 0. The Labute approximate surface area is 153 Å². The van der Waals surface area contributed by atoms with E-state index in [0.717, 1.165) is 43.9 Å².